The summed E-state index contributed by atoms with van der Waals surface area (Å²) in [5.41, 5.74) is 3.36. The van der Waals surface area contributed by atoms with E-state index in [0.29, 0.717) is 13.2 Å². The lowest BCUT2D eigenvalue weighted by molar-refractivity contribution is 0.234. The molecular weight excluding hydrogens is 322 g/mol. The molecule has 0 aromatic heterocycles. The number of ether oxygens (including phenoxy) is 2. The number of anilines is 1. The average Bonchev–Trinajstić information content (AvgIpc) is 2.68. The van der Waals surface area contributed by atoms with E-state index in [1.807, 2.05) is 54.6 Å². The van der Waals surface area contributed by atoms with E-state index in [-0.39, 0.29) is 6.10 Å². The molecule has 1 atom stereocenters. The summed E-state index contributed by atoms with van der Waals surface area (Å²) in [5.74, 6) is 1.73. The molecule has 0 spiro atoms. The third-order valence-electron chi connectivity index (χ3n) is 4.06. The van der Waals surface area contributed by atoms with Crippen molar-refractivity contribution in [3.05, 3.63) is 90.0 Å². The highest BCUT2D eigenvalue weighted by atomic mass is 16.5. The summed E-state index contributed by atoms with van der Waals surface area (Å²) in [6.07, 6.45) is 0.0416. The van der Waals surface area contributed by atoms with Gasteiger partial charge in [-0.2, -0.15) is 0 Å². The average molecular weight is 347 g/mol. The lowest BCUT2D eigenvalue weighted by Gasteiger charge is -2.18. The first kappa shape index (κ1) is 17.9. The number of hydrogen-bond donors (Lipinski definition) is 1. The van der Waals surface area contributed by atoms with Crippen LogP contribution in [0.4, 0.5) is 5.69 Å². The van der Waals surface area contributed by atoms with E-state index in [1.54, 1.807) is 0 Å². The van der Waals surface area contributed by atoms with Crippen LogP contribution in [-0.4, -0.2) is 12.6 Å². The minimum absolute atomic E-state index is 0.0416. The van der Waals surface area contributed by atoms with Gasteiger partial charge in [0.15, 0.2) is 0 Å². The highest BCUT2D eigenvalue weighted by Crippen LogP contribution is 2.25. The number of rotatable bonds is 8. The van der Waals surface area contributed by atoms with E-state index in [1.165, 1.54) is 5.56 Å². The van der Waals surface area contributed by atoms with Crippen LogP contribution >= 0.6 is 0 Å². The van der Waals surface area contributed by atoms with Gasteiger partial charge in [0, 0.05) is 0 Å². The number of para-hydroxylation sites is 2. The highest BCUT2D eigenvalue weighted by Gasteiger charge is 2.07. The van der Waals surface area contributed by atoms with Crippen LogP contribution in [0.3, 0.4) is 0 Å². The van der Waals surface area contributed by atoms with Crippen molar-refractivity contribution in [1.29, 1.82) is 0 Å². The van der Waals surface area contributed by atoms with Gasteiger partial charge in [0.05, 0.1) is 12.2 Å². The highest BCUT2D eigenvalue weighted by molar-refractivity contribution is 5.56. The molecule has 3 heteroatoms. The van der Waals surface area contributed by atoms with Gasteiger partial charge in [0.25, 0.3) is 0 Å². The molecule has 1 unspecified atom stereocenters. The van der Waals surface area contributed by atoms with Gasteiger partial charge in [-0.05, 0) is 43.7 Å². The van der Waals surface area contributed by atoms with Crippen LogP contribution in [0.25, 0.3) is 0 Å². The van der Waals surface area contributed by atoms with Gasteiger partial charge < -0.3 is 14.8 Å². The molecule has 134 valence electrons. The van der Waals surface area contributed by atoms with Crippen LogP contribution in [0, 0.1) is 6.92 Å². The molecule has 0 fully saturated rings. The molecule has 3 aromatic rings. The Morgan fingerprint density at radius 3 is 2.31 bits per heavy atom. The molecule has 0 saturated heterocycles. The van der Waals surface area contributed by atoms with Gasteiger partial charge in [-0.15, -0.1) is 0 Å². The van der Waals surface area contributed by atoms with Gasteiger partial charge >= 0.3 is 0 Å². The van der Waals surface area contributed by atoms with Crippen molar-refractivity contribution >= 4 is 5.69 Å². The maximum absolute atomic E-state index is 5.98. The first-order valence-electron chi connectivity index (χ1n) is 8.93. The van der Waals surface area contributed by atoms with Gasteiger partial charge in [0.2, 0.25) is 0 Å². The molecule has 3 nitrogen and oxygen atoms in total. The van der Waals surface area contributed by atoms with Crippen LogP contribution in [0.2, 0.25) is 0 Å². The van der Waals surface area contributed by atoms with Crippen molar-refractivity contribution in [1.82, 2.24) is 0 Å². The second-order valence-corrected chi connectivity index (χ2v) is 6.39. The molecule has 3 aromatic carbocycles. The van der Waals surface area contributed by atoms with Crippen molar-refractivity contribution in [3.8, 4) is 11.5 Å². The van der Waals surface area contributed by atoms with Crippen molar-refractivity contribution in [3.63, 3.8) is 0 Å². The Morgan fingerprint density at radius 1 is 0.846 bits per heavy atom. The maximum Gasteiger partial charge on any atom is 0.142 e. The van der Waals surface area contributed by atoms with E-state index >= 15 is 0 Å². The molecule has 0 heterocycles. The van der Waals surface area contributed by atoms with Crippen molar-refractivity contribution < 1.29 is 9.47 Å². The fraction of sp³-hybridized carbons (Fsp3) is 0.217. The first-order valence-corrected chi connectivity index (χ1v) is 8.93. The maximum atomic E-state index is 5.98. The lowest BCUT2D eigenvalue weighted by Crippen LogP contribution is -2.22. The first-order chi connectivity index (χ1) is 12.7. The Morgan fingerprint density at radius 2 is 1.54 bits per heavy atom. The quantitative estimate of drug-likeness (QED) is 0.587. The molecule has 0 bridgehead atoms. The zero-order valence-corrected chi connectivity index (χ0v) is 15.3. The monoisotopic (exact) mass is 347 g/mol. The van der Waals surface area contributed by atoms with Crippen molar-refractivity contribution in [2.45, 2.75) is 26.6 Å². The minimum atomic E-state index is 0.0416. The normalized spacial score (nSPS) is 11.6. The molecule has 3 rings (SSSR count). The summed E-state index contributed by atoms with van der Waals surface area (Å²) in [5, 5.41) is 3.43. The second-order valence-electron chi connectivity index (χ2n) is 6.39. The Bertz CT molecular complexity index is 800. The predicted molar refractivity (Wildman–Crippen MR) is 107 cm³/mol. The summed E-state index contributed by atoms with van der Waals surface area (Å²) in [6.45, 7) is 5.37. The van der Waals surface area contributed by atoms with E-state index < -0.39 is 0 Å². The van der Waals surface area contributed by atoms with Crippen LogP contribution in [0.5, 0.6) is 11.5 Å². The zero-order valence-electron chi connectivity index (χ0n) is 15.3. The molecule has 0 aliphatic rings. The smallest absolute Gasteiger partial charge is 0.142 e. The van der Waals surface area contributed by atoms with Crippen LogP contribution in [0.15, 0.2) is 78.9 Å². The van der Waals surface area contributed by atoms with E-state index in [2.05, 4.69) is 43.4 Å². The fourth-order valence-corrected chi connectivity index (χ4v) is 2.62. The third-order valence-corrected chi connectivity index (χ3v) is 4.06. The topological polar surface area (TPSA) is 30.5 Å². The SMILES string of the molecule is Cc1ccc(OC(C)CNc2ccccc2OCc2ccccc2)cc1. The van der Waals surface area contributed by atoms with E-state index in [9.17, 15) is 0 Å². The summed E-state index contributed by atoms with van der Waals surface area (Å²) in [4.78, 5) is 0. The molecule has 26 heavy (non-hydrogen) atoms. The predicted octanol–water partition coefficient (Wildman–Crippen LogP) is 5.45. The fourth-order valence-electron chi connectivity index (χ4n) is 2.62. The van der Waals surface area contributed by atoms with Crippen molar-refractivity contribution in [2.75, 3.05) is 11.9 Å². The van der Waals surface area contributed by atoms with Gasteiger partial charge in [-0.1, -0.05) is 60.2 Å². The lowest BCUT2D eigenvalue weighted by atomic mass is 10.2. The Kier molecular flexibility index (Phi) is 6.15. The van der Waals surface area contributed by atoms with Gasteiger partial charge in [0.1, 0.15) is 24.2 Å². The largest absolute Gasteiger partial charge is 0.489 e. The molecule has 0 amide bonds. The van der Waals surface area contributed by atoms with Crippen molar-refractivity contribution in [2.24, 2.45) is 0 Å². The summed E-state index contributed by atoms with van der Waals surface area (Å²) in [7, 11) is 0. The van der Waals surface area contributed by atoms with Gasteiger partial charge in [-0.3, -0.25) is 0 Å². The number of hydrogen-bond acceptors (Lipinski definition) is 3. The Balaban J connectivity index is 1.55. The number of nitrogens with one attached hydrogen (secondary N) is 1. The molecule has 1 N–H and O–H groups in total. The van der Waals surface area contributed by atoms with Crippen LogP contribution in [-0.2, 0) is 6.61 Å². The second kappa shape index (κ2) is 8.95. The van der Waals surface area contributed by atoms with Crippen LogP contribution in [0.1, 0.15) is 18.1 Å². The summed E-state index contributed by atoms with van der Waals surface area (Å²) in [6, 6.07) is 26.3. The Hall–Kier alpha value is -2.94. The van der Waals surface area contributed by atoms with E-state index in [0.717, 1.165) is 22.7 Å². The third kappa shape index (κ3) is 5.28. The standard InChI is InChI=1S/C23H25NO2/c1-18-12-14-21(15-13-18)26-19(2)16-24-22-10-6-7-11-23(22)25-17-20-8-4-3-5-9-20/h3-15,19,24H,16-17H2,1-2H3. The molecule has 0 aliphatic heterocycles. The molecular formula is C23H25NO2. The number of aryl methyl sites for hydroxylation is 1. The Labute approximate surface area is 155 Å². The summed E-state index contributed by atoms with van der Waals surface area (Å²) >= 11 is 0. The summed E-state index contributed by atoms with van der Waals surface area (Å²) < 4.78 is 11.9. The minimum Gasteiger partial charge on any atom is -0.489 e. The number of benzene rings is 3. The van der Waals surface area contributed by atoms with Crippen LogP contribution < -0.4 is 14.8 Å². The molecule has 0 radical (unpaired) electrons. The zero-order chi connectivity index (χ0) is 18.2. The van der Waals surface area contributed by atoms with E-state index in [4.69, 9.17) is 9.47 Å². The van der Waals surface area contributed by atoms with Gasteiger partial charge in [-0.25, -0.2) is 0 Å². The molecule has 0 aliphatic carbocycles. The molecule has 0 saturated carbocycles.